The van der Waals surface area contributed by atoms with E-state index in [1.807, 2.05) is 6.92 Å². The SMILES string of the molecule is CCOc1cc([C@@H](CC(C)=O)NC(=O)O)ccc1OC. The number of carbonyl (C=O) groups excluding carboxylic acids is 1. The number of carbonyl (C=O) groups is 2. The van der Waals surface area contributed by atoms with Gasteiger partial charge in [-0.1, -0.05) is 6.07 Å². The van der Waals surface area contributed by atoms with Gasteiger partial charge >= 0.3 is 6.09 Å². The molecule has 0 unspecified atom stereocenters. The van der Waals surface area contributed by atoms with Crippen molar-refractivity contribution in [3.05, 3.63) is 23.8 Å². The molecule has 0 aromatic heterocycles. The van der Waals surface area contributed by atoms with Crippen molar-refractivity contribution < 1.29 is 24.2 Å². The average Bonchev–Trinajstić information content (AvgIpc) is 2.37. The van der Waals surface area contributed by atoms with Gasteiger partial charge in [-0.3, -0.25) is 4.79 Å². The second kappa shape index (κ2) is 7.37. The number of amides is 1. The maximum atomic E-state index is 11.3. The minimum atomic E-state index is -1.18. The standard InChI is InChI=1S/C14H19NO5/c1-4-20-13-8-10(5-6-12(13)19-3)11(7-9(2)16)15-14(17)18/h5-6,8,11,15H,4,7H2,1-3H3,(H,17,18)/t11-/m1/s1. The zero-order valence-corrected chi connectivity index (χ0v) is 11.8. The Bertz CT molecular complexity index is 470. The summed E-state index contributed by atoms with van der Waals surface area (Å²) in [7, 11) is 1.53. The van der Waals surface area contributed by atoms with Crippen LogP contribution < -0.4 is 14.8 Å². The molecule has 0 aliphatic heterocycles. The van der Waals surface area contributed by atoms with Crippen molar-refractivity contribution in [2.24, 2.45) is 0 Å². The predicted octanol–water partition coefficient (Wildman–Crippen LogP) is 2.38. The third-order valence-electron chi connectivity index (χ3n) is 2.68. The largest absolute Gasteiger partial charge is 0.493 e. The molecule has 0 aliphatic carbocycles. The molecule has 0 spiro atoms. The maximum absolute atomic E-state index is 11.3. The van der Waals surface area contributed by atoms with Crippen molar-refractivity contribution in [1.82, 2.24) is 5.32 Å². The number of Topliss-reactive ketones (excluding diaryl/α,β-unsaturated/α-hetero) is 1. The second-order valence-corrected chi connectivity index (χ2v) is 4.25. The maximum Gasteiger partial charge on any atom is 0.405 e. The van der Waals surface area contributed by atoms with Crippen LogP contribution in [0.15, 0.2) is 18.2 Å². The number of ether oxygens (including phenoxy) is 2. The van der Waals surface area contributed by atoms with Gasteiger partial charge in [0.25, 0.3) is 0 Å². The average molecular weight is 281 g/mol. The number of hydrogen-bond donors (Lipinski definition) is 2. The molecular formula is C14H19NO5. The van der Waals surface area contributed by atoms with Gasteiger partial charge in [-0.2, -0.15) is 0 Å². The van der Waals surface area contributed by atoms with E-state index >= 15 is 0 Å². The lowest BCUT2D eigenvalue weighted by atomic mass is 10.0. The Labute approximate surface area is 117 Å². The van der Waals surface area contributed by atoms with E-state index in [0.29, 0.717) is 23.7 Å². The number of hydrogen-bond acceptors (Lipinski definition) is 4. The Morgan fingerprint density at radius 3 is 2.55 bits per heavy atom. The molecule has 1 aromatic carbocycles. The van der Waals surface area contributed by atoms with Crippen LogP contribution in [0.4, 0.5) is 4.79 Å². The molecule has 0 aliphatic rings. The first-order valence-corrected chi connectivity index (χ1v) is 6.27. The van der Waals surface area contributed by atoms with Crippen LogP contribution in [0.3, 0.4) is 0 Å². The molecule has 20 heavy (non-hydrogen) atoms. The fraction of sp³-hybridized carbons (Fsp3) is 0.429. The molecule has 0 heterocycles. The Morgan fingerprint density at radius 1 is 1.35 bits per heavy atom. The molecule has 0 fully saturated rings. The zero-order chi connectivity index (χ0) is 15.1. The van der Waals surface area contributed by atoms with Crippen molar-refractivity contribution in [3.63, 3.8) is 0 Å². The van der Waals surface area contributed by atoms with E-state index in [9.17, 15) is 9.59 Å². The molecule has 1 amide bonds. The fourth-order valence-electron chi connectivity index (χ4n) is 1.87. The van der Waals surface area contributed by atoms with Gasteiger partial charge in [0.1, 0.15) is 5.78 Å². The third-order valence-corrected chi connectivity index (χ3v) is 2.68. The van der Waals surface area contributed by atoms with E-state index in [4.69, 9.17) is 14.6 Å². The van der Waals surface area contributed by atoms with E-state index in [1.54, 1.807) is 18.2 Å². The predicted molar refractivity (Wildman–Crippen MR) is 73.4 cm³/mol. The summed E-state index contributed by atoms with van der Waals surface area (Å²) in [5, 5.41) is 11.2. The van der Waals surface area contributed by atoms with E-state index in [0.717, 1.165) is 0 Å². The number of ketones is 1. The molecule has 6 nitrogen and oxygen atoms in total. The van der Waals surface area contributed by atoms with Gasteiger partial charge in [0.15, 0.2) is 11.5 Å². The molecule has 0 saturated carbocycles. The van der Waals surface area contributed by atoms with Crippen LogP contribution >= 0.6 is 0 Å². The van der Waals surface area contributed by atoms with Gasteiger partial charge in [-0.15, -0.1) is 0 Å². The molecule has 110 valence electrons. The van der Waals surface area contributed by atoms with E-state index in [-0.39, 0.29) is 12.2 Å². The first-order chi connectivity index (χ1) is 9.47. The Kier molecular flexibility index (Phi) is 5.83. The summed E-state index contributed by atoms with van der Waals surface area (Å²) in [6, 6.07) is 4.49. The molecule has 1 atom stereocenters. The summed E-state index contributed by atoms with van der Waals surface area (Å²) in [5.41, 5.74) is 0.659. The van der Waals surface area contributed by atoms with Crippen LogP contribution in [0.2, 0.25) is 0 Å². The van der Waals surface area contributed by atoms with Crippen LogP contribution in [-0.2, 0) is 4.79 Å². The first-order valence-electron chi connectivity index (χ1n) is 6.27. The van der Waals surface area contributed by atoms with E-state index in [1.165, 1.54) is 14.0 Å². The highest BCUT2D eigenvalue weighted by Crippen LogP contribution is 2.31. The molecule has 2 N–H and O–H groups in total. The molecule has 1 aromatic rings. The van der Waals surface area contributed by atoms with Crippen molar-refractivity contribution in [1.29, 1.82) is 0 Å². The lowest BCUT2D eigenvalue weighted by Gasteiger charge is -2.18. The van der Waals surface area contributed by atoms with Crippen LogP contribution in [0.1, 0.15) is 31.9 Å². The van der Waals surface area contributed by atoms with Gasteiger partial charge in [0.05, 0.1) is 19.8 Å². The van der Waals surface area contributed by atoms with Crippen LogP contribution in [-0.4, -0.2) is 30.7 Å². The lowest BCUT2D eigenvalue weighted by Crippen LogP contribution is -2.28. The summed E-state index contributed by atoms with van der Waals surface area (Å²) in [4.78, 5) is 22.1. The van der Waals surface area contributed by atoms with Crippen molar-refractivity contribution >= 4 is 11.9 Å². The Balaban J connectivity index is 3.08. The van der Waals surface area contributed by atoms with Gasteiger partial charge < -0.3 is 19.9 Å². The van der Waals surface area contributed by atoms with Gasteiger partial charge in [0, 0.05) is 6.42 Å². The summed E-state index contributed by atoms with van der Waals surface area (Å²) in [5.74, 6) is 0.985. The Morgan fingerprint density at radius 2 is 2.05 bits per heavy atom. The van der Waals surface area contributed by atoms with Crippen LogP contribution in [0.5, 0.6) is 11.5 Å². The highest BCUT2D eigenvalue weighted by Gasteiger charge is 2.18. The van der Waals surface area contributed by atoms with Gasteiger partial charge in [-0.25, -0.2) is 4.79 Å². The topological polar surface area (TPSA) is 84.9 Å². The second-order valence-electron chi connectivity index (χ2n) is 4.25. The van der Waals surface area contributed by atoms with E-state index in [2.05, 4.69) is 5.32 Å². The van der Waals surface area contributed by atoms with Crippen molar-refractivity contribution in [2.75, 3.05) is 13.7 Å². The first kappa shape index (κ1) is 15.8. The van der Waals surface area contributed by atoms with Crippen molar-refractivity contribution in [3.8, 4) is 11.5 Å². The smallest absolute Gasteiger partial charge is 0.405 e. The zero-order valence-electron chi connectivity index (χ0n) is 11.8. The minimum Gasteiger partial charge on any atom is -0.493 e. The third kappa shape index (κ3) is 4.46. The van der Waals surface area contributed by atoms with Crippen LogP contribution in [0.25, 0.3) is 0 Å². The molecule has 0 bridgehead atoms. The summed E-state index contributed by atoms with van der Waals surface area (Å²) < 4.78 is 10.6. The number of carboxylic acid groups (broad SMARTS) is 1. The summed E-state index contributed by atoms with van der Waals surface area (Å²) in [6.07, 6.45) is -1.09. The lowest BCUT2D eigenvalue weighted by molar-refractivity contribution is -0.117. The van der Waals surface area contributed by atoms with Crippen LogP contribution in [0, 0.1) is 0 Å². The van der Waals surface area contributed by atoms with Crippen molar-refractivity contribution in [2.45, 2.75) is 26.3 Å². The molecule has 6 heteroatoms. The highest BCUT2D eigenvalue weighted by molar-refractivity contribution is 5.77. The van der Waals surface area contributed by atoms with Gasteiger partial charge in [-0.05, 0) is 31.5 Å². The normalized spacial score (nSPS) is 11.6. The highest BCUT2D eigenvalue weighted by atomic mass is 16.5. The summed E-state index contributed by atoms with van der Waals surface area (Å²) in [6.45, 7) is 3.72. The molecular weight excluding hydrogens is 262 g/mol. The fourth-order valence-corrected chi connectivity index (χ4v) is 1.87. The molecule has 0 saturated heterocycles. The quantitative estimate of drug-likeness (QED) is 0.801. The van der Waals surface area contributed by atoms with E-state index < -0.39 is 12.1 Å². The monoisotopic (exact) mass is 281 g/mol. The number of nitrogens with one attached hydrogen (secondary N) is 1. The summed E-state index contributed by atoms with van der Waals surface area (Å²) >= 11 is 0. The van der Waals surface area contributed by atoms with Gasteiger partial charge in [0.2, 0.25) is 0 Å². The number of benzene rings is 1. The molecule has 1 rings (SSSR count). The number of rotatable bonds is 7. The Hall–Kier alpha value is -2.24. The number of methoxy groups -OCH3 is 1. The molecule has 0 radical (unpaired) electrons. The minimum absolute atomic E-state index is 0.0875.